The predicted molar refractivity (Wildman–Crippen MR) is 94.8 cm³/mol. The number of alkyl halides is 6. The van der Waals surface area contributed by atoms with Gasteiger partial charge in [-0.15, -0.1) is 0 Å². The number of hydrogen-bond acceptors (Lipinski definition) is 4. The molecular formula is C16H24F6NO4S2+. The maximum absolute atomic E-state index is 11.5. The van der Waals surface area contributed by atoms with Crippen molar-refractivity contribution in [2.45, 2.75) is 63.0 Å². The van der Waals surface area contributed by atoms with E-state index < -0.39 is 35.8 Å². The number of hydrogen-bond donors (Lipinski definition) is 0. The van der Waals surface area contributed by atoms with Crippen molar-refractivity contribution in [1.29, 1.82) is 0 Å². The Labute approximate surface area is 166 Å². The van der Waals surface area contributed by atoms with Gasteiger partial charge in [0.1, 0.15) is 6.54 Å². The molecule has 1 aromatic heterocycles. The Morgan fingerprint density at radius 1 is 0.690 bits per heavy atom. The lowest BCUT2D eigenvalue weighted by atomic mass is 10.1. The van der Waals surface area contributed by atoms with Gasteiger partial charge in [-0.25, -0.2) is 21.4 Å². The van der Waals surface area contributed by atoms with Crippen LogP contribution >= 0.6 is 0 Å². The molecule has 0 spiro atoms. The third-order valence-electron chi connectivity index (χ3n) is 3.56. The first-order chi connectivity index (χ1) is 13.1. The summed E-state index contributed by atoms with van der Waals surface area (Å²) in [6.07, 6.45) is 12.5. The molecule has 0 saturated heterocycles. The Balaban J connectivity index is 0.000000541. The van der Waals surface area contributed by atoms with Gasteiger partial charge in [-0.3, -0.25) is 0 Å². The van der Waals surface area contributed by atoms with Crippen LogP contribution in [0.3, 0.4) is 0 Å². The monoisotopic (exact) mass is 472 g/mol. The van der Waals surface area contributed by atoms with Crippen LogP contribution in [0.15, 0.2) is 30.6 Å². The number of pyridine rings is 1. The van der Waals surface area contributed by atoms with Crippen molar-refractivity contribution in [3.05, 3.63) is 30.6 Å². The van der Waals surface area contributed by atoms with Gasteiger partial charge in [-0.2, -0.15) is 26.3 Å². The number of halogens is 6. The molecule has 0 aliphatic carbocycles. The minimum Gasteiger partial charge on any atom is -0.218 e. The zero-order chi connectivity index (χ0) is 22.8. The Bertz CT molecular complexity index is 749. The summed E-state index contributed by atoms with van der Waals surface area (Å²) in [5, 5.41) is -3.03. The van der Waals surface area contributed by atoms with Crippen molar-refractivity contribution in [3.63, 3.8) is 0 Å². The zero-order valence-corrected chi connectivity index (χ0v) is 17.3. The summed E-state index contributed by atoms with van der Waals surface area (Å²) in [6, 6.07) is 6.26. The summed E-state index contributed by atoms with van der Waals surface area (Å²) in [6.45, 7) is 3.44. The lowest BCUT2D eigenvalue weighted by Crippen LogP contribution is -2.36. The summed E-state index contributed by atoms with van der Waals surface area (Å²) in [7, 11) is -12.7. The van der Waals surface area contributed by atoms with E-state index in [9.17, 15) is 43.2 Å². The molecule has 1 heterocycles. The molecule has 29 heavy (non-hydrogen) atoms. The van der Waals surface area contributed by atoms with Gasteiger partial charge < -0.3 is 0 Å². The van der Waals surface area contributed by atoms with E-state index >= 15 is 0 Å². The predicted octanol–water partition coefficient (Wildman–Crippen LogP) is 4.15. The van der Waals surface area contributed by atoms with Crippen LogP contribution in [0.1, 0.15) is 45.4 Å². The molecule has 1 rings (SSSR count). The van der Waals surface area contributed by atoms with Gasteiger partial charge in [0.25, 0.3) is 19.7 Å². The highest BCUT2D eigenvalue weighted by molar-refractivity contribution is 8.08. The minimum absolute atomic E-state index is 1.17. The average Bonchev–Trinajstić information content (AvgIpc) is 2.56. The average molecular weight is 472 g/mol. The van der Waals surface area contributed by atoms with Gasteiger partial charge in [-0.1, -0.05) is 38.7 Å². The molecule has 0 atom stereocenters. The van der Waals surface area contributed by atoms with E-state index in [4.69, 9.17) is 0 Å². The largest absolute Gasteiger partial charge is 0.498 e. The second-order valence-corrected chi connectivity index (χ2v) is 10.4. The van der Waals surface area contributed by atoms with Gasteiger partial charge in [0.15, 0.2) is 17.5 Å². The Kier molecular flexibility index (Phi) is 11.2. The fourth-order valence-electron chi connectivity index (χ4n) is 2.00. The number of aryl methyl sites for hydroxylation is 1. The molecule has 0 aliphatic heterocycles. The maximum atomic E-state index is 11.5. The molecule has 0 unspecified atom stereocenters. The van der Waals surface area contributed by atoms with Crippen molar-refractivity contribution >= 4 is 19.7 Å². The lowest BCUT2D eigenvalue weighted by Gasteiger charge is -2.10. The van der Waals surface area contributed by atoms with Crippen molar-refractivity contribution in [1.82, 2.24) is 0 Å². The molecular weight excluding hydrogens is 448 g/mol. The molecule has 0 bridgehead atoms. The van der Waals surface area contributed by atoms with Crippen LogP contribution in [0.25, 0.3) is 0 Å². The molecule has 0 fully saturated rings. The molecule has 0 amide bonds. The highest BCUT2D eigenvalue weighted by atomic mass is 32.3. The van der Waals surface area contributed by atoms with E-state index in [0.717, 1.165) is 0 Å². The number of aromatic nitrogens is 1. The SMILES string of the molecule is CCCCCCCC[n+]1ccccc1.O=S(=O)(CS(=O)(=O)C(F)(F)F)C(F)(F)F. The topological polar surface area (TPSA) is 72.2 Å². The second-order valence-electron chi connectivity index (χ2n) is 6.12. The van der Waals surface area contributed by atoms with Crippen LogP contribution in [-0.4, -0.2) is 32.9 Å². The van der Waals surface area contributed by atoms with Gasteiger partial charge in [-0.05, 0) is 6.42 Å². The number of sulfone groups is 2. The Hall–Kier alpha value is -1.37. The third kappa shape index (κ3) is 10.8. The van der Waals surface area contributed by atoms with Gasteiger partial charge in [0.05, 0.1) is 0 Å². The summed E-state index contributed by atoms with van der Waals surface area (Å²) >= 11 is 0. The molecule has 0 aliphatic rings. The molecule has 5 nitrogen and oxygen atoms in total. The van der Waals surface area contributed by atoms with E-state index in [1.54, 1.807) is 0 Å². The molecule has 0 N–H and O–H groups in total. The van der Waals surface area contributed by atoms with Crippen LogP contribution < -0.4 is 4.57 Å². The highest BCUT2D eigenvalue weighted by Gasteiger charge is 2.55. The molecule has 1 aromatic rings. The van der Waals surface area contributed by atoms with E-state index in [1.165, 1.54) is 45.1 Å². The first-order valence-corrected chi connectivity index (χ1v) is 12.0. The van der Waals surface area contributed by atoms with Gasteiger partial charge >= 0.3 is 11.0 Å². The molecule has 0 aromatic carbocycles. The van der Waals surface area contributed by atoms with Gasteiger partial charge in [0, 0.05) is 18.6 Å². The maximum Gasteiger partial charge on any atom is 0.498 e. The summed E-state index contributed by atoms with van der Waals surface area (Å²) in [5.41, 5.74) is -12.1. The van der Waals surface area contributed by atoms with Crippen molar-refractivity contribution < 1.29 is 47.7 Å². The van der Waals surface area contributed by atoms with Crippen LogP contribution in [0.5, 0.6) is 0 Å². The minimum atomic E-state index is -6.35. The first-order valence-electron chi connectivity index (χ1n) is 8.66. The fraction of sp³-hybridized carbons (Fsp3) is 0.688. The third-order valence-corrected chi connectivity index (χ3v) is 7.46. The second kappa shape index (κ2) is 11.7. The zero-order valence-electron chi connectivity index (χ0n) is 15.7. The normalized spacial score (nSPS) is 12.9. The lowest BCUT2D eigenvalue weighted by molar-refractivity contribution is -0.697. The smallest absolute Gasteiger partial charge is 0.218 e. The number of nitrogens with zero attached hydrogens (tertiary/aromatic N) is 1. The molecule has 0 radical (unpaired) electrons. The summed E-state index contributed by atoms with van der Waals surface area (Å²) in [4.78, 5) is 0. The van der Waals surface area contributed by atoms with Crippen molar-refractivity contribution in [2.24, 2.45) is 0 Å². The highest BCUT2D eigenvalue weighted by Crippen LogP contribution is 2.30. The first kappa shape index (κ1) is 27.6. The van der Waals surface area contributed by atoms with Crippen LogP contribution in [0.2, 0.25) is 0 Å². The molecule has 0 saturated carbocycles. The van der Waals surface area contributed by atoms with E-state index in [0.29, 0.717) is 0 Å². The summed E-state index contributed by atoms with van der Waals surface area (Å²) in [5.74, 6) is 0. The van der Waals surface area contributed by atoms with Crippen LogP contribution in [0.4, 0.5) is 26.3 Å². The number of rotatable bonds is 9. The van der Waals surface area contributed by atoms with Gasteiger partial charge in [0.2, 0.25) is 0 Å². The standard InChI is InChI=1S/C13H22N.C3H2F6O4S2/c1-2-3-4-5-6-8-11-14-12-9-7-10-13-14;4-2(5,6)14(10,11)1-15(12,13)3(7,8)9/h7,9-10,12-13H,2-6,8,11H2,1H3;1H2/q+1;. The van der Waals surface area contributed by atoms with Crippen LogP contribution in [-0.2, 0) is 26.2 Å². The van der Waals surface area contributed by atoms with Crippen molar-refractivity contribution in [3.8, 4) is 0 Å². The molecule has 170 valence electrons. The number of unbranched alkanes of at least 4 members (excludes halogenated alkanes) is 5. The molecule has 13 heteroatoms. The van der Waals surface area contributed by atoms with E-state index in [-0.39, 0.29) is 0 Å². The quantitative estimate of drug-likeness (QED) is 0.308. The van der Waals surface area contributed by atoms with E-state index in [2.05, 4.69) is 42.1 Å². The van der Waals surface area contributed by atoms with Crippen LogP contribution in [0, 0.1) is 0 Å². The Morgan fingerprint density at radius 2 is 1.10 bits per heavy atom. The Morgan fingerprint density at radius 3 is 1.52 bits per heavy atom. The fourth-order valence-corrected chi connectivity index (χ4v) is 4.70. The van der Waals surface area contributed by atoms with Crippen molar-refractivity contribution in [2.75, 3.05) is 5.08 Å². The summed E-state index contributed by atoms with van der Waals surface area (Å²) < 4.78 is 112. The van der Waals surface area contributed by atoms with E-state index in [1.807, 2.05) is 0 Å².